The Kier molecular flexibility index (Phi) is 4.20. The van der Waals surface area contributed by atoms with E-state index in [2.05, 4.69) is 4.98 Å². The maximum Gasteiger partial charge on any atom is 0.220 e. The average molecular weight is 339 g/mol. The summed E-state index contributed by atoms with van der Waals surface area (Å²) in [5.41, 5.74) is 1.79. The Morgan fingerprint density at radius 3 is 2.57 bits per heavy atom. The van der Waals surface area contributed by atoms with E-state index in [1.54, 1.807) is 18.2 Å². The van der Waals surface area contributed by atoms with Gasteiger partial charge in [-0.05, 0) is 29.8 Å². The molecule has 0 aliphatic heterocycles. The SMILES string of the molecule is ClCc1cc(Oc2ccc(Cl)cc2Cl)nc2ccccc12. The number of pyridine rings is 1. The molecule has 1 aromatic heterocycles. The molecule has 0 saturated carbocycles. The number of ether oxygens (including phenoxy) is 1. The highest BCUT2D eigenvalue weighted by atomic mass is 35.5. The van der Waals surface area contributed by atoms with Gasteiger partial charge in [0.15, 0.2) is 0 Å². The molecule has 0 aliphatic rings. The largest absolute Gasteiger partial charge is 0.437 e. The number of aromatic nitrogens is 1. The minimum absolute atomic E-state index is 0.383. The lowest BCUT2D eigenvalue weighted by atomic mass is 10.1. The van der Waals surface area contributed by atoms with Gasteiger partial charge in [0.2, 0.25) is 5.88 Å². The second kappa shape index (κ2) is 6.10. The van der Waals surface area contributed by atoms with Crippen molar-refractivity contribution in [3.8, 4) is 11.6 Å². The van der Waals surface area contributed by atoms with Crippen LogP contribution in [0.25, 0.3) is 10.9 Å². The van der Waals surface area contributed by atoms with E-state index in [-0.39, 0.29) is 0 Å². The van der Waals surface area contributed by atoms with Crippen LogP contribution in [-0.2, 0) is 5.88 Å². The molecule has 3 aromatic rings. The van der Waals surface area contributed by atoms with Gasteiger partial charge in [-0.15, -0.1) is 11.6 Å². The Labute approximate surface area is 137 Å². The van der Waals surface area contributed by atoms with E-state index in [1.807, 2.05) is 30.3 Å². The first-order valence-corrected chi connectivity index (χ1v) is 7.54. The van der Waals surface area contributed by atoms with Gasteiger partial charge in [0, 0.05) is 22.4 Å². The van der Waals surface area contributed by atoms with Crippen LogP contribution in [0.5, 0.6) is 11.6 Å². The summed E-state index contributed by atoms with van der Waals surface area (Å²) in [6, 6.07) is 14.7. The second-order valence-corrected chi connectivity index (χ2v) is 5.56. The summed E-state index contributed by atoms with van der Waals surface area (Å²) in [5.74, 6) is 1.34. The average Bonchev–Trinajstić information content (AvgIpc) is 2.49. The Morgan fingerprint density at radius 2 is 1.81 bits per heavy atom. The van der Waals surface area contributed by atoms with Crippen molar-refractivity contribution in [1.29, 1.82) is 0 Å². The van der Waals surface area contributed by atoms with Gasteiger partial charge in [-0.2, -0.15) is 0 Å². The van der Waals surface area contributed by atoms with Gasteiger partial charge in [-0.1, -0.05) is 41.4 Å². The number of nitrogens with zero attached hydrogens (tertiary/aromatic N) is 1. The molecule has 0 bridgehead atoms. The lowest BCUT2D eigenvalue weighted by molar-refractivity contribution is 0.465. The van der Waals surface area contributed by atoms with E-state index in [1.165, 1.54) is 0 Å². The van der Waals surface area contributed by atoms with E-state index < -0.39 is 0 Å². The molecule has 2 nitrogen and oxygen atoms in total. The highest BCUT2D eigenvalue weighted by Crippen LogP contribution is 2.32. The highest BCUT2D eigenvalue weighted by Gasteiger charge is 2.09. The molecule has 0 radical (unpaired) electrons. The molecule has 0 spiro atoms. The summed E-state index contributed by atoms with van der Waals surface area (Å²) in [4.78, 5) is 4.47. The van der Waals surface area contributed by atoms with E-state index in [4.69, 9.17) is 39.5 Å². The van der Waals surface area contributed by atoms with Gasteiger partial charge in [0.25, 0.3) is 0 Å². The summed E-state index contributed by atoms with van der Waals surface area (Å²) in [6.07, 6.45) is 0. The van der Waals surface area contributed by atoms with Gasteiger partial charge in [0.1, 0.15) is 5.75 Å². The molecular formula is C16H10Cl3NO. The number of alkyl halides is 1. The van der Waals surface area contributed by atoms with Crippen molar-refractivity contribution in [2.45, 2.75) is 5.88 Å². The Morgan fingerprint density at radius 1 is 1.00 bits per heavy atom. The van der Waals surface area contributed by atoms with E-state index in [0.717, 1.165) is 16.5 Å². The van der Waals surface area contributed by atoms with Crippen molar-refractivity contribution in [3.05, 3.63) is 64.1 Å². The predicted octanol–water partition coefficient (Wildman–Crippen LogP) is 6.07. The topological polar surface area (TPSA) is 22.1 Å². The van der Waals surface area contributed by atoms with Crippen LogP contribution in [0.15, 0.2) is 48.5 Å². The predicted molar refractivity (Wildman–Crippen MR) is 87.8 cm³/mol. The summed E-state index contributed by atoms with van der Waals surface area (Å²) >= 11 is 18.0. The lowest BCUT2D eigenvalue weighted by Gasteiger charge is -2.10. The quantitative estimate of drug-likeness (QED) is 0.540. The summed E-state index contributed by atoms with van der Waals surface area (Å²) in [6.45, 7) is 0. The van der Waals surface area contributed by atoms with Crippen molar-refractivity contribution in [1.82, 2.24) is 4.98 Å². The van der Waals surface area contributed by atoms with Crippen molar-refractivity contribution in [2.24, 2.45) is 0 Å². The number of benzene rings is 2. The zero-order chi connectivity index (χ0) is 14.8. The monoisotopic (exact) mass is 337 g/mol. The molecule has 0 atom stereocenters. The van der Waals surface area contributed by atoms with Crippen LogP contribution in [0.2, 0.25) is 10.0 Å². The third-order valence-electron chi connectivity index (χ3n) is 3.03. The molecule has 0 aliphatic carbocycles. The fraction of sp³-hybridized carbons (Fsp3) is 0.0625. The van der Waals surface area contributed by atoms with Crippen LogP contribution in [0.1, 0.15) is 5.56 Å². The lowest BCUT2D eigenvalue weighted by Crippen LogP contribution is -1.93. The van der Waals surface area contributed by atoms with Crippen molar-refractivity contribution in [3.63, 3.8) is 0 Å². The molecule has 2 aromatic carbocycles. The third-order valence-corrected chi connectivity index (χ3v) is 3.85. The molecule has 0 amide bonds. The molecule has 0 unspecified atom stereocenters. The first-order valence-electron chi connectivity index (χ1n) is 6.25. The van der Waals surface area contributed by atoms with Gasteiger partial charge in [0.05, 0.1) is 10.5 Å². The zero-order valence-corrected chi connectivity index (χ0v) is 13.1. The first kappa shape index (κ1) is 14.5. The minimum Gasteiger partial charge on any atom is -0.437 e. The van der Waals surface area contributed by atoms with E-state index in [9.17, 15) is 0 Å². The van der Waals surface area contributed by atoms with Gasteiger partial charge in [-0.25, -0.2) is 4.98 Å². The highest BCUT2D eigenvalue weighted by molar-refractivity contribution is 6.35. The van der Waals surface area contributed by atoms with Crippen molar-refractivity contribution in [2.75, 3.05) is 0 Å². The zero-order valence-electron chi connectivity index (χ0n) is 10.8. The number of rotatable bonds is 3. The van der Waals surface area contributed by atoms with Gasteiger partial charge < -0.3 is 4.74 Å². The molecule has 0 fully saturated rings. The van der Waals surface area contributed by atoms with Crippen molar-refractivity contribution < 1.29 is 4.74 Å². The Hall–Kier alpha value is -1.48. The molecule has 0 saturated heterocycles. The second-order valence-electron chi connectivity index (χ2n) is 4.45. The molecule has 0 N–H and O–H groups in total. The van der Waals surface area contributed by atoms with Crippen LogP contribution in [0.4, 0.5) is 0 Å². The molecule has 1 heterocycles. The fourth-order valence-corrected chi connectivity index (χ4v) is 2.72. The van der Waals surface area contributed by atoms with Crippen LogP contribution < -0.4 is 4.74 Å². The third kappa shape index (κ3) is 3.08. The van der Waals surface area contributed by atoms with Crippen LogP contribution >= 0.6 is 34.8 Å². The summed E-state index contributed by atoms with van der Waals surface area (Å²) in [7, 11) is 0. The number of hydrogen-bond donors (Lipinski definition) is 0. The summed E-state index contributed by atoms with van der Waals surface area (Å²) in [5, 5.41) is 2.01. The summed E-state index contributed by atoms with van der Waals surface area (Å²) < 4.78 is 5.75. The number of halogens is 3. The van der Waals surface area contributed by atoms with E-state index in [0.29, 0.717) is 27.6 Å². The first-order chi connectivity index (χ1) is 10.2. The Bertz CT molecular complexity index is 805. The number of fused-ring (bicyclic) bond motifs is 1. The molecule has 3 rings (SSSR count). The number of para-hydroxylation sites is 1. The Balaban J connectivity index is 2.04. The van der Waals surface area contributed by atoms with Crippen molar-refractivity contribution >= 4 is 45.7 Å². The molecule has 106 valence electrons. The fourth-order valence-electron chi connectivity index (χ4n) is 2.05. The smallest absolute Gasteiger partial charge is 0.220 e. The van der Waals surface area contributed by atoms with Crippen LogP contribution in [0.3, 0.4) is 0 Å². The van der Waals surface area contributed by atoms with Crippen LogP contribution in [-0.4, -0.2) is 4.98 Å². The van der Waals surface area contributed by atoms with Gasteiger partial charge in [-0.3, -0.25) is 0 Å². The normalized spacial score (nSPS) is 10.8. The van der Waals surface area contributed by atoms with Gasteiger partial charge >= 0.3 is 0 Å². The maximum absolute atomic E-state index is 6.11. The molecule has 5 heteroatoms. The molecule has 21 heavy (non-hydrogen) atoms. The van der Waals surface area contributed by atoms with Crippen LogP contribution in [0, 0.1) is 0 Å². The molecular weight excluding hydrogens is 329 g/mol. The number of hydrogen-bond acceptors (Lipinski definition) is 2. The maximum atomic E-state index is 6.11. The standard InChI is InChI=1S/C16H10Cl3NO/c17-9-10-7-16(20-14-4-2-1-3-12(10)14)21-15-6-5-11(18)8-13(15)19/h1-8H,9H2. The van der Waals surface area contributed by atoms with E-state index >= 15 is 0 Å². The minimum atomic E-state index is 0.383.